The van der Waals surface area contributed by atoms with Gasteiger partial charge in [-0.05, 0) is 55.6 Å². The highest BCUT2D eigenvalue weighted by atomic mass is 79.9. The molecule has 2 heteroatoms. The van der Waals surface area contributed by atoms with Crippen molar-refractivity contribution in [2.75, 3.05) is 6.54 Å². The number of benzene rings is 2. The van der Waals surface area contributed by atoms with E-state index in [1.54, 1.807) is 0 Å². The Morgan fingerprint density at radius 2 is 1.75 bits per heavy atom. The molecule has 0 fully saturated rings. The van der Waals surface area contributed by atoms with Crippen molar-refractivity contribution >= 4 is 15.9 Å². The molecule has 1 N–H and O–H groups in total. The normalized spacial score (nSPS) is 12.4. The number of nitrogens with one attached hydrogen (secondary N) is 1. The standard InChI is InChI=1S/C18H22BrN/c1-4-20-18(12-15-7-5-13(2)6-8-15)17-10-9-16(19)11-14(17)3/h5-11,18,20H,4,12H2,1-3H3. The first-order valence-electron chi connectivity index (χ1n) is 7.15. The lowest BCUT2D eigenvalue weighted by molar-refractivity contribution is 0.547. The van der Waals surface area contributed by atoms with Gasteiger partial charge in [-0.2, -0.15) is 0 Å². The molecule has 0 bridgehead atoms. The Kier molecular flexibility index (Phi) is 5.38. The van der Waals surface area contributed by atoms with Crippen LogP contribution in [-0.2, 0) is 6.42 Å². The highest BCUT2D eigenvalue weighted by molar-refractivity contribution is 9.10. The lowest BCUT2D eigenvalue weighted by atomic mass is 9.95. The van der Waals surface area contributed by atoms with Gasteiger partial charge >= 0.3 is 0 Å². The van der Waals surface area contributed by atoms with Crippen LogP contribution in [0.15, 0.2) is 46.9 Å². The van der Waals surface area contributed by atoms with Gasteiger partial charge in [-0.3, -0.25) is 0 Å². The summed E-state index contributed by atoms with van der Waals surface area (Å²) in [7, 11) is 0. The van der Waals surface area contributed by atoms with E-state index in [0.29, 0.717) is 6.04 Å². The van der Waals surface area contributed by atoms with Gasteiger partial charge in [0.1, 0.15) is 0 Å². The lowest BCUT2D eigenvalue weighted by Gasteiger charge is -2.21. The zero-order valence-electron chi connectivity index (χ0n) is 12.4. The number of halogens is 1. The van der Waals surface area contributed by atoms with Gasteiger partial charge in [-0.1, -0.05) is 58.7 Å². The van der Waals surface area contributed by atoms with Gasteiger partial charge < -0.3 is 5.32 Å². The molecule has 0 aliphatic rings. The highest BCUT2D eigenvalue weighted by Crippen LogP contribution is 2.24. The molecule has 106 valence electrons. The number of aryl methyl sites for hydroxylation is 2. The molecular weight excluding hydrogens is 310 g/mol. The topological polar surface area (TPSA) is 12.0 Å². The number of hydrogen-bond acceptors (Lipinski definition) is 1. The third-order valence-electron chi connectivity index (χ3n) is 3.62. The van der Waals surface area contributed by atoms with Gasteiger partial charge in [-0.15, -0.1) is 0 Å². The van der Waals surface area contributed by atoms with Crippen molar-refractivity contribution < 1.29 is 0 Å². The van der Waals surface area contributed by atoms with Crippen molar-refractivity contribution in [2.45, 2.75) is 33.2 Å². The first-order chi connectivity index (χ1) is 9.60. The van der Waals surface area contributed by atoms with Crippen LogP contribution in [0.1, 0.15) is 35.2 Å². The van der Waals surface area contributed by atoms with Crippen LogP contribution in [0.25, 0.3) is 0 Å². The molecule has 1 atom stereocenters. The Morgan fingerprint density at radius 1 is 1.05 bits per heavy atom. The summed E-state index contributed by atoms with van der Waals surface area (Å²) in [5.41, 5.74) is 5.41. The number of likely N-dealkylation sites (N-methyl/N-ethyl adjacent to an activating group) is 1. The van der Waals surface area contributed by atoms with E-state index in [1.165, 1.54) is 22.3 Å². The summed E-state index contributed by atoms with van der Waals surface area (Å²) in [6.07, 6.45) is 1.02. The van der Waals surface area contributed by atoms with E-state index in [1.807, 2.05) is 0 Å². The van der Waals surface area contributed by atoms with E-state index < -0.39 is 0 Å². The molecule has 0 amide bonds. The summed E-state index contributed by atoms with van der Waals surface area (Å²) < 4.78 is 1.14. The fraction of sp³-hybridized carbons (Fsp3) is 0.333. The minimum atomic E-state index is 0.371. The molecule has 0 aliphatic carbocycles. The van der Waals surface area contributed by atoms with E-state index in [2.05, 4.69) is 84.5 Å². The van der Waals surface area contributed by atoms with Gasteiger partial charge in [0.25, 0.3) is 0 Å². The van der Waals surface area contributed by atoms with Crippen LogP contribution in [0.2, 0.25) is 0 Å². The van der Waals surface area contributed by atoms with Crippen molar-refractivity contribution in [1.82, 2.24) is 5.32 Å². The minimum absolute atomic E-state index is 0.371. The van der Waals surface area contributed by atoms with E-state index in [4.69, 9.17) is 0 Å². The maximum absolute atomic E-state index is 3.61. The Bertz CT molecular complexity index is 560. The summed E-state index contributed by atoms with van der Waals surface area (Å²) in [4.78, 5) is 0. The first-order valence-corrected chi connectivity index (χ1v) is 7.94. The largest absolute Gasteiger partial charge is 0.310 e. The quantitative estimate of drug-likeness (QED) is 0.816. The molecule has 0 radical (unpaired) electrons. The average molecular weight is 332 g/mol. The summed E-state index contributed by atoms with van der Waals surface area (Å²) in [6, 6.07) is 15.7. The number of rotatable bonds is 5. The molecule has 20 heavy (non-hydrogen) atoms. The highest BCUT2D eigenvalue weighted by Gasteiger charge is 2.13. The lowest BCUT2D eigenvalue weighted by Crippen LogP contribution is -2.23. The Balaban J connectivity index is 2.24. The molecular formula is C18H22BrN. The van der Waals surface area contributed by atoms with Crippen LogP contribution >= 0.6 is 15.9 Å². The van der Waals surface area contributed by atoms with Crippen LogP contribution in [0, 0.1) is 13.8 Å². The van der Waals surface area contributed by atoms with Gasteiger partial charge in [0.05, 0.1) is 0 Å². The molecule has 0 heterocycles. The zero-order valence-corrected chi connectivity index (χ0v) is 14.0. The van der Waals surface area contributed by atoms with Crippen molar-refractivity contribution in [2.24, 2.45) is 0 Å². The molecule has 0 aliphatic heterocycles. The van der Waals surface area contributed by atoms with Crippen molar-refractivity contribution in [1.29, 1.82) is 0 Å². The van der Waals surface area contributed by atoms with Crippen molar-refractivity contribution in [3.63, 3.8) is 0 Å². The molecule has 0 saturated carbocycles. The van der Waals surface area contributed by atoms with Gasteiger partial charge in [0, 0.05) is 10.5 Å². The summed E-state index contributed by atoms with van der Waals surface area (Å²) >= 11 is 3.54. The van der Waals surface area contributed by atoms with Crippen molar-refractivity contribution in [3.8, 4) is 0 Å². The summed E-state index contributed by atoms with van der Waals surface area (Å²) in [6.45, 7) is 7.45. The fourth-order valence-corrected chi connectivity index (χ4v) is 3.00. The third-order valence-corrected chi connectivity index (χ3v) is 4.11. The molecule has 1 unspecified atom stereocenters. The fourth-order valence-electron chi connectivity index (χ4n) is 2.53. The van der Waals surface area contributed by atoms with E-state index >= 15 is 0 Å². The average Bonchev–Trinajstić information content (AvgIpc) is 2.41. The second-order valence-corrected chi connectivity index (χ2v) is 6.22. The Morgan fingerprint density at radius 3 is 2.35 bits per heavy atom. The van der Waals surface area contributed by atoms with Crippen LogP contribution < -0.4 is 5.32 Å². The Hall–Kier alpha value is -1.12. The van der Waals surface area contributed by atoms with Crippen LogP contribution in [0.3, 0.4) is 0 Å². The molecule has 0 aromatic heterocycles. The van der Waals surface area contributed by atoms with Gasteiger partial charge in [0.2, 0.25) is 0 Å². The molecule has 0 spiro atoms. The van der Waals surface area contributed by atoms with Crippen LogP contribution in [0.4, 0.5) is 0 Å². The maximum atomic E-state index is 3.61. The molecule has 2 aromatic carbocycles. The Labute approximate surface area is 130 Å². The summed E-state index contributed by atoms with van der Waals surface area (Å²) in [5.74, 6) is 0. The SMILES string of the molecule is CCNC(Cc1ccc(C)cc1)c1ccc(Br)cc1C. The van der Waals surface area contributed by atoms with Gasteiger partial charge in [0.15, 0.2) is 0 Å². The predicted octanol–water partition coefficient (Wildman–Crippen LogP) is 4.96. The van der Waals surface area contributed by atoms with Gasteiger partial charge in [-0.25, -0.2) is 0 Å². The molecule has 0 saturated heterocycles. The summed E-state index contributed by atoms with van der Waals surface area (Å²) in [5, 5.41) is 3.61. The monoisotopic (exact) mass is 331 g/mol. The van der Waals surface area contributed by atoms with Crippen LogP contribution in [-0.4, -0.2) is 6.54 Å². The van der Waals surface area contributed by atoms with E-state index in [-0.39, 0.29) is 0 Å². The maximum Gasteiger partial charge on any atom is 0.0363 e. The second kappa shape index (κ2) is 7.05. The second-order valence-electron chi connectivity index (χ2n) is 5.30. The molecule has 1 nitrogen and oxygen atoms in total. The van der Waals surface area contributed by atoms with E-state index in [9.17, 15) is 0 Å². The number of hydrogen-bond donors (Lipinski definition) is 1. The van der Waals surface area contributed by atoms with Crippen LogP contribution in [0.5, 0.6) is 0 Å². The zero-order chi connectivity index (χ0) is 14.5. The van der Waals surface area contributed by atoms with E-state index in [0.717, 1.165) is 17.4 Å². The minimum Gasteiger partial charge on any atom is -0.310 e. The smallest absolute Gasteiger partial charge is 0.0363 e. The third kappa shape index (κ3) is 3.94. The predicted molar refractivity (Wildman–Crippen MR) is 90.2 cm³/mol. The molecule has 2 aromatic rings. The molecule has 2 rings (SSSR count). The van der Waals surface area contributed by atoms with Crippen molar-refractivity contribution in [3.05, 3.63) is 69.2 Å². The first kappa shape index (κ1) is 15.3.